The number of fused-ring (bicyclic) bond motifs is 1. The summed E-state index contributed by atoms with van der Waals surface area (Å²) < 4.78 is 0. The molecule has 4 rings (SSSR count). The van der Waals surface area contributed by atoms with Crippen molar-refractivity contribution in [3.63, 3.8) is 0 Å². The number of aryl methyl sites for hydroxylation is 1. The van der Waals surface area contributed by atoms with Crippen LogP contribution in [0.5, 0.6) is 0 Å². The number of urea groups is 1. The molecule has 0 spiro atoms. The van der Waals surface area contributed by atoms with Crippen LogP contribution in [0.1, 0.15) is 28.6 Å². The second-order valence-electron chi connectivity index (χ2n) is 7.89. The molecule has 9 nitrogen and oxygen atoms in total. The first-order valence-electron chi connectivity index (χ1n) is 11.1. The van der Waals surface area contributed by atoms with Crippen molar-refractivity contribution in [1.82, 2.24) is 15.3 Å². The van der Waals surface area contributed by atoms with E-state index in [9.17, 15) is 9.59 Å². The standard InChI is InChI=1S/C23H29N7O2S/c1-3-7-15-14-17(26-22-18(15)19(25-2)20(33-22)21(24)31)29-10-12-30(13-11-29)23(32)28-27-16-8-5-4-6-9-16/h4-6,8-9,14,25,27H,3,7,10-13H2,1-2H3,(H2,24,31)(H,28,32). The van der Waals surface area contributed by atoms with E-state index in [1.165, 1.54) is 11.3 Å². The molecule has 5 N–H and O–H groups in total. The van der Waals surface area contributed by atoms with Gasteiger partial charge in [0.1, 0.15) is 15.5 Å². The first-order valence-corrected chi connectivity index (χ1v) is 11.9. The lowest BCUT2D eigenvalue weighted by molar-refractivity contribution is 0.100. The zero-order chi connectivity index (χ0) is 23.4. The summed E-state index contributed by atoms with van der Waals surface area (Å²) in [5.74, 6) is 0.420. The van der Waals surface area contributed by atoms with Gasteiger partial charge in [0.25, 0.3) is 5.91 Å². The second kappa shape index (κ2) is 9.95. The maximum absolute atomic E-state index is 12.5. The monoisotopic (exact) mass is 467 g/mol. The van der Waals surface area contributed by atoms with Crippen molar-refractivity contribution in [3.05, 3.63) is 46.8 Å². The summed E-state index contributed by atoms with van der Waals surface area (Å²) in [4.78, 5) is 34.6. The van der Waals surface area contributed by atoms with Crippen LogP contribution in [0.25, 0.3) is 10.2 Å². The minimum atomic E-state index is -0.449. The van der Waals surface area contributed by atoms with Gasteiger partial charge in [-0.3, -0.25) is 15.6 Å². The highest BCUT2D eigenvalue weighted by atomic mass is 32.1. The van der Waals surface area contributed by atoms with E-state index in [4.69, 9.17) is 10.7 Å². The number of nitrogens with two attached hydrogens (primary N) is 1. The maximum Gasteiger partial charge on any atom is 0.336 e. The molecule has 0 saturated carbocycles. The van der Waals surface area contributed by atoms with Gasteiger partial charge in [-0.25, -0.2) is 9.78 Å². The van der Waals surface area contributed by atoms with Crippen LogP contribution in [-0.2, 0) is 6.42 Å². The summed E-state index contributed by atoms with van der Waals surface area (Å²) in [5, 5.41) is 4.12. The molecule has 3 aromatic rings. The van der Waals surface area contributed by atoms with Crippen LogP contribution in [0.15, 0.2) is 36.4 Å². The molecule has 1 aromatic carbocycles. The molecule has 0 atom stereocenters. The number of carbonyl (C=O) groups is 2. The Morgan fingerprint density at radius 2 is 1.88 bits per heavy atom. The maximum atomic E-state index is 12.5. The van der Waals surface area contributed by atoms with E-state index in [0.717, 1.165) is 45.8 Å². The first-order chi connectivity index (χ1) is 16.0. The van der Waals surface area contributed by atoms with E-state index >= 15 is 0 Å². The summed E-state index contributed by atoms with van der Waals surface area (Å²) in [5.41, 5.74) is 14.0. The van der Waals surface area contributed by atoms with Gasteiger partial charge in [0.2, 0.25) is 0 Å². The molecular formula is C23H29N7O2S. The highest BCUT2D eigenvalue weighted by Crippen LogP contribution is 2.38. The van der Waals surface area contributed by atoms with Gasteiger partial charge in [0.05, 0.1) is 11.4 Å². The molecule has 174 valence electrons. The highest BCUT2D eigenvalue weighted by Gasteiger charge is 2.25. The van der Waals surface area contributed by atoms with Crippen LogP contribution >= 0.6 is 11.3 Å². The minimum Gasteiger partial charge on any atom is -0.386 e. The molecule has 1 saturated heterocycles. The fourth-order valence-corrected chi connectivity index (χ4v) is 5.14. The number of amides is 3. The van der Waals surface area contributed by atoms with Crippen molar-refractivity contribution in [2.24, 2.45) is 5.73 Å². The van der Waals surface area contributed by atoms with Crippen molar-refractivity contribution in [2.75, 3.05) is 48.9 Å². The number of carbonyl (C=O) groups excluding carboxylic acids is 2. The van der Waals surface area contributed by atoms with Crippen molar-refractivity contribution < 1.29 is 9.59 Å². The molecule has 1 aliphatic heterocycles. The SMILES string of the molecule is CCCc1cc(N2CCN(C(=O)NNc3ccccc3)CC2)nc2sc(C(N)=O)c(NC)c12. The smallest absolute Gasteiger partial charge is 0.336 e. The van der Waals surface area contributed by atoms with Gasteiger partial charge in [0.15, 0.2) is 0 Å². The molecule has 0 radical (unpaired) electrons. The minimum absolute atomic E-state index is 0.156. The van der Waals surface area contributed by atoms with Gasteiger partial charge in [-0.15, -0.1) is 11.3 Å². The largest absolute Gasteiger partial charge is 0.386 e. The van der Waals surface area contributed by atoms with Crippen LogP contribution in [0.4, 0.5) is 22.0 Å². The number of hydrazine groups is 1. The van der Waals surface area contributed by atoms with Crippen molar-refractivity contribution in [1.29, 1.82) is 0 Å². The Balaban J connectivity index is 1.48. The quantitative estimate of drug-likeness (QED) is 0.397. The number of benzene rings is 1. The van der Waals surface area contributed by atoms with Crippen LogP contribution < -0.4 is 26.8 Å². The second-order valence-corrected chi connectivity index (χ2v) is 8.88. The highest BCUT2D eigenvalue weighted by molar-refractivity contribution is 7.21. The molecular weight excluding hydrogens is 438 g/mol. The molecule has 2 aromatic heterocycles. The lowest BCUT2D eigenvalue weighted by Gasteiger charge is -2.35. The normalized spacial score (nSPS) is 13.8. The molecule has 3 amide bonds. The molecule has 0 bridgehead atoms. The van der Waals surface area contributed by atoms with Gasteiger partial charge in [-0.2, -0.15) is 0 Å². The Morgan fingerprint density at radius 3 is 2.52 bits per heavy atom. The van der Waals surface area contributed by atoms with E-state index in [1.54, 1.807) is 11.9 Å². The van der Waals surface area contributed by atoms with E-state index in [1.807, 2.05) is 30.3 Å². The Kier molecular flexibility index (Phi) is 6.83. The van der Waals surface area contributed by atoms with Gasteiger partial charge in [-0.1, -0.05) is 31.5 Å². The van der Waals surface area contributed by atoms with Crippen molar-refractivity contribution in [2.45, 2.75) is 19.8 Å². The lowest BCUT2D eigenvalue weighted by atomic mass is 10.1. The predicted octanol–water partition coefficient (Wildman–Crippen LogP) is 3.25. The third-order valence-corrected chi connectivity index (χ3v) is 6.80. The fraction of sp³-hybridized carbons (Fsp3) is 0.348. The van der Waals surface area contributed by atoms with Gasteiger partial charge >= 0.3 is 6.03 Å². The molecule has 1 aliphatic rings. The van der Waals surface area contributed by atoms with E-state index in [-0.39, 0.29) is 6.03 Å². The average Bonchev–Trinajstić information content (AvgIpc) is 3.23. The van der Waals surface area contributed by atoms with Crippen LogP contribution in [0.3, 0.4) is 0 Å². The number of nitrogens with zero attached hydrogens (tertiary/aromatic N) is 3. The third kappa shape index (κ3) is 4.80. The topological polar surface area (TPSA) is 116 Å². The number of hydrogen-bond donors (Lipinski definition) is 4. The van der Waals surface area contributed by atoms with Gasteiger partial charge in [0, 0.05) is 38.6 Å². The van der Waals surface area contributed by atoms with E-state index < -0.39 is 5.91 Å². The number of nitrogens with one attached hydrogen (secondary N) is 3. The number of pyridine rings is 1. The number of primary amides is 1. The van der Waals surface area contributed by atoms with Crippen molar-refractivity contribution in [3.8, 4) is 0 Å². The average molecular weight is 468 g/mol. The summed E-state index contributed by atoms with van der Waals surface area (Å²) in [6.07, 6.45) is 1.86. The molecule has 0 aliphatic carbocycles. The number of piperazine rings is 1. The Morgan fingerprint density at radius 1 is 1.15 bits per heavy atom. The molecule has 0 unspecified atom stereocenters. The fourth-order valence-electron chi connectivity index (χ4n) is 4.07. The summed E-state index contributed by atoms with van der Waals surface area (Å²) in [6.45, 7) is 4.66. The van der Waals surface area contributed by atoms with Crippen LogP contribution in [0.2, 0.25) is 0 Å². The predicted molar refractivity (Wildman–Crippen MR) is 134 cm³/mol. The summed E-state index contributed by atoms with van der Waals surface area (Å²) in [6, 6.07) is 11.5. The zero-order valence-electron chi connectivity index (χ0n) is 18.9. The first kappa shape index (κ1) is 22.7. The zero-order valence-corrected chi connectivity index (χ0v) is 19.7. The van der Waals surface area contributed by atoms with Crippen molar-refractivity contribution >= 4 is 50.7 Å². The third-order valence-electron chi connectivity index (χ3n) is 5.70. The number of hydrogen-bond acceptors (Lipinski definition) is 7. The Hall–Kier alpha value is -3.53. The van der Waals surface area contributed by atoms with E-state index in [2.05, 4.69) is 34.1 Å². The van der Waals surface area contributed by atoms with Gasteiger partial charge < -0.3 is 20.9 Å². The molecule has 3 heterocycles. The van der Waals surface area contributed by atoms with E-state index in [0.29, 0.717) is 31.1 Å². The number of para-hydroxylation sites is 1. The number of aromatic nitrogens is 1. The van der Waals surface area contributed by atoms with Crippen LogP contribution in [0, 0.1) is 0 Å². The number of rotatable bonds is 7. The Bertz CT molecular complexity index is 1140. The number of anilines is 3. The van der Waals surface area contributed by atoms with Gasteiger partial charge in [-0.05, 0) is 30.2 Å². The number of thiophene rings is 1. The molecule has 10 heteroatoms. The molecule has 33 heavy (non-hydrogen) atoms. The lowest BCUT2D eigenvalue weighted by Crippen LogP contribution is -2.53. The summed E-state index contributed by atoms with van der Waals surface area (Å²) >= 11 is 1.33. The summed E-state index contributed by atoms with van der Waals surface area (Å²) in [7, 11) is 1.80. The van der Waals surface area contributed by atoms with Crippen LogP contribution in [-0.4, -0.2) is 55.0 Å². The Labute approximate surface area is 196 Å². The molecule has 1 fully saturated rings.